The van der Waals surface area contributed by atoms with Crippen LogP contribution in [0.15, 0.2) is 36.4 Å². The lowest BCUT2D eigenvalue weighted by Gasteiger charge is -2.19. The Morgan fingerprint density at radius 1 is 0.745 bits per heavy atom. The number of ether oxygens (including phenoxy) is 4. The molecule has 1 aliphatic rings. The van der Waals surface area contributed by atoms with E-state index >= 15 is 0 Å². The fraction of sp³-hybridized carbons (Fsp3) is 0.515. The predicted molar refractivity (Wildman–Crippen MR) is 175 cm³/mol. The third kappa shape index (κ3) is 12.0. The summed E-state index contributed by atoms with van der Waals surface area (Å²) in [6, 6.07) is 9.90. The molecule has 2 N–H and O–H groups in total. The Hall–Kier alpha value is -3.93. The summed E-state index contributed by atoms with van der Waals surface area (Å²) in [6.45, 7) is 11.2. The van der Waals surface area contributed by atoms with E-state index in [1.807, 2.05) is 6.92 Å². The minimum Gasteiger partial charge on any atom is -0.432 e. The summed E-state index contributed by atoms with van der Waals surface area (Å²) in [7, 11) is -4.14. The smallest absolute Gasteiger partial charge is 0.432 e. The van der Waals surface area contributed by atoms with Gasteiger partial charge in [0.1, 0.15) is 0 Å². The van der Waals surface area contributed by atoms with Gasteiger partial charge < -0.3 is 29.6 Å². The van der Waals surface area contributed by atoms with Gasteiger partial charge in [0.15, 0.2) is 5.78 Å². The highest BCUT2D eigenvalue weighted by Gasteiger charge is 2.29. The summed E-state index contributed by atoms with van der Waals surface area (Å²) in [5.74, 6) is -0.0325. The van der Waals surface area contributed by atoms with Crippen molar-refractivity contribution in [3.8, 4) is 0 Å². The number of rotatable bonds is 16. The molecule has 258 valence electrons. The van der Waals surface area contributed by atoms with Crippen molar-refractivity contribution in [1.82, 2.24) is 0 Å². The minimum atomic E-state index is -4.14. The van der Waals surface area contributed by atoms with E-state index in [0.29, 0.717) is 34.1 Å². The Morgan fingerprint density at radius 2 is 1.34 bits per heavy atom. The molecular formula is C33H45N2O11P. The van der Waals surface area contributed by atoms with Crippen molar-refractivity contribution >= 4 is 48.7 Å². The summed E-state index contributed by atoms with van der Waals surface area (Å²) in [6.07, 6.45) is -0.563. The largest absolute Gasteiger partial charge is 0.510 e. The zero-order valence-corrected chi connectivity index (χ0v) is 28.8. The number of anilines is 3. The lowest BCUT2D eigenvalue weighted by Crippen LogP contribution is -2.16. The molecule has 1 atom stereocenters. The second kappa shape index (κ2) is 17.3. The number of ketones is 1. The van der Waals surface area contributed by atoms with Gasteiger partial charge >= 0.3 is 19.9 Å². The number of carbonyl (C=O) groups is 4. The van der Waals surface area contributed by atoms with E-state index in [-0.39, 0.29) is 23.4 Å². The molecule has 1 unspecified atom stereocenters. The second-order valence-corrected chi connectivity index (χ2v) is 14.2. The number of Topliss-reactive ketones (excluding diaryl/α,β-unsaturated/α-hetero) is 1. The Bertz CT molecular complexity index is 1440. The highest BCUT2D eigenvalue weighted by molar-refractivity contribution is 7.53. The van der Waals surface area contributed by atoms with Gasteiger partial charge in [-0.2, -0.15) is 0 Å². The average molecular weight is 677 g/mol. The third-order valence-electron chi connectivity index (χ3n) is 6.91. The third-order valence-corrected chi connectivity index (χ3v) is 8.66. The Morgan fingerprint density at radius 3 is 1.91 bits per heavy atom. The van der Waals surface area contributed by atoms with Gasteiger partial charge in [0.25, 0.3) is 5.91 Å². The molecule has 0 bridgehead atoms. The molecule has 3 rings (SSSR count). The molecule has 0 aliphatic carbocycles. The zero-order chi connectivity index (χ0) is 34.7. The molecule has 0 saturated heterocycles. The molecule has 2 aromatic carbocycles. The van der Waals surface area contributed by atoms with Crippen molar-refractivity contribution in [2.24, 2.45) is 11.8 Å². The number of hydrogen-bond acceptors (Lipinski definition) is 12. The highest BCUT2D eigenvalue weighted by Crippen LogP contribution is 2.52. The number of nitrogens with one attached hydrogen (secondary N) is 2. The molecule has 2 aromatic rings. The van der Waals surface area contributed by atoms with Crippen LogP contribution >= 0.6 is 7.60 Å². The monoisotopic (exact) mass is 676 g/mol. The SMILES string of the molecule is CC(C)CCCC(C)C(=O)c1ccc2c(c1)NC(=O)c1cc(CP(=O)(OCOC(=O)OC(C)C)OCOC(=O)OC(C)C)ccc1N2. The summed E-state index contributed by atoms with van der Waals surface area (Å²) in [5, 5.41) is 6.08. The molecular weight excluding hydrogens is 631 g/mol. The second-order valence-electron chi connectivity index (χ2n) is 12.2. The van der Waals surface area contributed by atoms with Crippen LogP contribution in [-0.4, -0.2) is 49.8 Å². The fourth-order valence-corrected chi connectivity index (χ4v) is 5.92. The maximum Gasteiger partial charge on any atom is 0.510 e. The van der Waals surface area contributed by atoms with Gasteiger partial charge in [-0.1, -0.05) is 39.7 Å². The number of fused-ring (bicyclic) bond motifs is 2. The molecule has 1 heterocycles. The number of amides is 1. The Balaban J connectivity index is 1.75. The molecule has 0 radical (unpaired) electrons. The fourth-order valence-electron chi connectivity index (χ4n) is 4.59. The number of hydrogen-bond donors (Lipinski definition) is 2. The van der Waals surface area contributed by atoms with Crippen LogP contribution in [0.5, 0.6) is 0 Å². The van der Waals surface area contributed by atoms with Gasteiger partial charge in [0, 0.05) is 11.5 Å². The first kappa shape index (κ1) is 37.5. The van der Waals surface area contributed by atoms with E-state index in [1.54, 1.807) is 58.0 Å². The van der Waals surface area contributed by atoms with Gasteiger partial charge in [-0.25, -0.2) is 9.59 Å². The molecule has 1 amide bonds. The summed E-state index contributed by atoms with van der Waals surface area (Å²) >= 11 is 0. The standard InChI is InChI=1S/C33H45N2O11P/c1-20(2)9-8-10-23(7)30(36)25-12-14-28-29(16-25)35-31(37)26-15-24(11-13-27(26)34-28)17-47(40,43-18-41-32(38)45-21(3)4)44-19-42-33(39)46-22(5)6/h11-16,20-23,34H,8-10,17-19H2,1-7H3,(H,35,37). The van der Waals surface area contributed by atoms with Crippen LogP contribution in [0.2, 0.25) is 0 Å². The summed E-state index contributed by atoms with van der Waals surface area (Å²) in [4.78, 5) is 50.0. The van der Waals surface area contributed by atoms with E-state index < -0.39 is 51.6 Å². The number of benzene rings is 2. The lowest BCUT2D eigenvalue weighted by molar-refractivity contribution is -0.0304. The Kier molecular flexibility index (Phi) is 13.8. The van der Waals surface area contributed by atoms with Gasteiger partial charge in [-0.3, -0.25) is 23.2 Å². The van der Waals surface area contributed by atoms with Gasteiger partial charge in [-0.05, 0) is 75.9 Å². The molecule has 0 fully saturated rings. The van der Waals surface area contributed by atoms with Crippen molar-refractivity contribution < 1.29 is 51.7 Å². The molecule has 0 aromatic heterocycles. The van der Waals surface area contributed by atoms with Crippen molar-refractivity contribution in [3.05, 3.63) is 53.1 Å². The van der Waals surface area contributed by atoms with Crippen LogP contribution in [0.25, 0.3) is 0 Å². The van der Waals surface area contributed by atoms with E-state index in [9.17, 15) is 23.7 Å². The highest BCUT2D eigenvalue weighted by atomic mass is 31.2. The Labute approximate surface area is 275 Å². The maximum absolute atomic E-state index is 13.7. The van der Waals surface area contributed by atoms with Crippen molar-refractivity contribution in [1.29, 1.82) is 0 Å². The van der Waals surface area contributed by atoms with Crippen molar-refractivity contribution in [3.63, 3.8) is 0 Å². The molecule has 0 saturated carbocycles. The first-order valence-electron chi connectivity index (χ1n) is 15.6. The zero-order valence-electron chi connectivity index (χ0n) is 28.0. The van der Waals surface area contributed by atoms with Gasteiger partial charge in [-0.15, -0.1) is 0 Å². The van der Waals surface area contributed by atoms with Crippen LogP contribution in [0.3, 0.4) is 0 Å². The van der Waals surface area contributed by atoms with Crippen molar-refractivity contribution in [2.45, 2.75) is 86.1 Å². The van der Waals surface area contributed by atoms with Crippen LogP contribution < -0.4 is 10.6 Å². The van der Waals surface area contributed by atoms with Crippen molar-refractivity contribution in [2.75, 3.05) is 24.2 Å². The van der Waals surface area contributed by atoms with E-state index in [4.69, 9.17) is 28.0 Å². The number of carbonyl (C=O) groups excluding carboxylic acids is 4. The average Bonchev–Trinajstić information content (AvgIpc) is 3.10. The molecule has 47 heavy (non-hydrogen) atoms. The van der Waals surface area contributed by atoms with Crippen LogP contribution in [0.1, 0.15) is 94.0 Å². The summed E-state index contributed by atoms with van der Waals surface area (Å²) in [5.41, 5.74) is 2.62. The van der Waals surface area contributed by atoms with E-state index in [2.05, 4.69) is 24.5 Å². The predicted octanol–water partition coefficient (Wildman–Crippen LogP) is 8.41. The molecule has 13 nitrogen and oxygen atoms in total. The van der Waals surface area contributed by atoms with Gasteiger partial charge in [0.2, 0.25) is 13.6 Å². The van der Waals surface area contributed by atoms with Crippen LogP contribution in [0.4, 0.5) is 26.7 Å². The van der Waals surface area contributed by atoms with Crippen LogP contribution in [0, 0.1) is 11.8 Å². The minimum absolute atomic E-state index is 0.00787. The molecule has 1 aliphatic heterocycles. The van der Waals surface area contributed by atoms with Crippen LogP contribution in [-0.2, 0) is 38.7 Å². The molecule has 14 heteroatoms. The first-order valence-corrected chi connectivity index (χ1v) is 17.3. The van der Waals surface area contributed by atoms with Gasteiger partial charge in [0.05, 0.1) is 41.0 Å². The van der Waals surface area contributed by atoms with E-state index in [0.717, 1.165) is 19.3 Å². The van der Waals surface area contributed by atoms with E-state index in [1.165, 1.54) is 6.07 Å². The summed E-state index contributed by atoms with van der Waals surface area (Å²) < 4.78 is 43.7. The molecule has 0 spiro atoms. The lowest BCUT2D eigenvalue weighted by atomic mass is 9.92. The maximum atomic E-state index is 13.7. The topological polar surface area (TPSA) is 165 Å². The normalized spacial score (nSPS) is 13.2. The first-order chi connectivity index (χ1) is 22.2. The quantitative estimate of drug-likeness (QED) is 0.0756.